The lowest BCUT2D eigenvalue weighted by atomic mass is 10.0. The standard InChI is InChI=1S/C20H22N4O3S/c1-20(2,3)27-19(26)23-9-12-5-4-6-13(14(12)11-23)10-24-15-7-8-21-16(15)17(25)22-18(24)28/h4-8,21H,9-11H2,1-3H3,(H,22,25,28). The number of hydrogen-bond donors (Lipinski definition) is 2. The third-order valence-electron chi connectivity index (χ3n) is 4.77. The van der Waals surface area contributed by atoms with Gasteiger partial charge in [-0.15, -0.1) is 0 Å². The zero-order valence-corrected chi connectivity index (χ0v) is 16.9. The van der Waals surface area contributed by atoms with Crippen molar-refractivity contribution >= 4 is 29.3 Å². The Morgan fingerprint density at radius 1 is 1.25 bits per heavy atom. The van der Waals surface area contributed by atoms with Gasteiger partial charge in [-0.05, 0) is 55.7 Å². The van der Waals surface area contributed by atoms with E-state index in [1.54, 1.807) is 11.1 Å². The van der Waals surface area contributed by atoms with Crippen LogP contribution < -0.4 is 5.56 Å². The summed E-state index contributed by atoms with van der Waals surface area (Å²) in [4.78, 5) is 31.9. The van der Waals surface area contributed by atoms with Gasteiger partial charge in [0.25, 0.3) is 5.56 Å². The monoisotopic (exact) mass is 398 g/mol. The molecule has 7 nitrogen and oxygen atoms in total. The van der Waals surface area contributed by atoms with Crippen molar-refractivity contribution in [3.63, 3.8) is 0 Å². The van der Waals surface area contributed by atoms with Crippen LogP contribution in [-0.4, -0.2) is 31.1 Å². The third-order valence-corrected chi connectivity index (χ3v) is 5.09. The summed E-state index contributed by atoms with van der Waals surface area (Å²) in [5.74, 6) is 0. The van der Waals surface area contributed by atoms with Crippen molar-refractivity contribution in [1.29, 1.82) is 0 Å². The Morgan fingerprint density at radius 3 is 2.79 bits per heavy atom. The Labute approximate surface area is 166 Å². The number of rotatable bonds is 2. The average Bonchev–Trinajstić information content (AvgIpc) is 3.24. The summed E-state index contributed by atoms with van der Waals surface area (Å²) < 4.78 is 7.78. The minimum Gasteiger partial charge on any atom is -0.444 e. The van der Waals surface area contributed by atoms with E-state index in [-0.39, 0.29) is 11.7 Å². The number of aromatic nitrogens is 3. The summed E-state index contributed by atoms with van der Waals surface area (Å²) in [5.41, 5.74) is 3.77. The van der Waals surface area contributed by atoms with Crippen LogP contribution in [-0.2, 0) is 24.4 Å². The molecule has 28 heavy (non-hydrogen) atoms. The van der Waals surface area contributed by atoms with Gasteiger partial charge in [-0.3, -0.25) is 14.7 Å². The summed E-state index contributed by atoms with van der Waals surface area (Å²) >= 11 is 5.39. The zero-order valence-electron chi connectivity index (χ0n) is 16.0. The molecule has 8 heteroatoms. The van der Waals surface area contributed by atoms with Gasteiger partial charge in [-0.1, -0.05) is 18.2 Å². The van der Waals surface area contributed by atoms with Crippen molar-refractivity contribution < 1.29 is 9.53 Å². The molecule has 0 spiro atoms. The van der Waals surface area contributed by atoms with Crippen LogP contribution in [0.3, 0.4) is 0 Å². The highest BCUT2D eigenvalue weighted by Gasteiger charge is 2.29. The Morgan fingerprint density at radius 2 is 2.04 bits per heavy atom. The molecule has 4 rings (SSSR count). The number of amides is 1. The number of nitrogens with one attached hydrogen (secondary N) is 2. The number of benzene rings is 1. The first-order valence-corrected chi connectivity index (χ1v) is 9.51. The molecule has 1 aliphatic heterocycles. The molecule has 3 aromatic rings. The molecule has 0 radical (unpaired) electrons. The molecule has 0 aliphatic carbocycles. The first-order valence-electron chi connectivity index (χ1n) is 9.11. The molecule has 2 N–H and O–H groups in total. The molecule has 0 atom stereocenters. The van der Waals surface area contributed by atoms with Crippen LogP contribution in [0, 0.1) is 4.77 Å². The molecule has 2 aromatic heterocycles. The first kappa shape index (κ1) is 18.5. The van der Waals surface area contributed by atoms with E-state index in [4.69, 9.17) is 17.0 Å². The van der Waals surface area contributed by atoms with E-state index in [1.165, 1.54) is 0 Å². The molecule has 0 saturated carbocycles. The van der Waals surface area contributed by atoms with Crippen LogP contribution in [0.5, 0.6) is 0 Å². The smallest absolute Gasteiger partial charge is 0.410 e. The Hall–Kier alpha value is -2.87. The second-order valence-corrected chi connectivity index (χ2v) is 8.36. The zero-order chi connectivity index (χ0) is 20.1. The van der Waals surface area contributed by atoms with Crippen molar-refractivity contribution in [3.05, 3.63) is 62.3 Å². The highest BCUT2D eigenvalue weighted by Crippen LogP contribution is 2.28. The second kappa shape index (κ2) is 6.63. The minimum atomic E-state index is -0.530. The fraction of sp³-hybridized carbons (Fsp3) is 0.350. The summed E-state index contributed by atoms with van der Waals surface area (Å²) in [6.07, 6.45) is 1.41. The molecular formula is C20H22N4O3S. The van der Waals surface area contributed by atoms with Gasteiger partial charge in [0.15, 0.2) is 4.77 Å². The average molecular weight is 398 g/mol. The predicted molar refractivity (Wildman–Crippen MR) is 109 cm³/mol. The largest absolute Gasteiger partial charge is 0.444 e. The van der Waals surface area contributed by atoms with Crippen molar-refractivity contribution in [3.8, 4) is 0 Å². The van der Waals surface area contributed by atoms with Crippen LogP contribution >= 0.6 is 12.2 Å². The minimum absolute atomic E-state index is 0.226. The number of fused-ring (bicyclic) bond motifs is 2. The maximum absolute atomic E-state index is 12.5. The first-order chi connectivity index (χ1) is 13.2. The van der Waals surface area contributed by atoms with Gasteiger partial charge in [0.05, 0.1) is 18.6 Å². The lowest BCUT2D eigenvalue weighted by molar-refractivity contribution is 0.0241. The van der Waals surface area contributed by atoms with Gasteiger partial charge in [-0.25, -0.2) is 4.79 Å². The van der Waals surface area contributed by atoms with Crippen molar-refractivity contribution in [2.75, 3.05) is 0 Å². The second-order valence-electron chi connectivity index (χ2n) is 7.97. The van der Waals surface area contributed by atoms with E-state index in [2.05, 4.69) is 9.97 Å². The van der Waals surface area contributed by atoms with Crippen molar-refractivity contribution in [1.82, 2.24) is 19.4 Å². The van der Waals surface area contributed by atoms with E-state index in [9.17, 15) is 9.59 Å². The molecular weight excluding hydrogens is 376 g/mol. The van der Waals surface area contributed by atoms with E-state index in [0.29, 0.717) is 29.9 Å². The Balaban J connectivity index is 1.67. The number of carbonyl (C=O) groups is 1. The van der Waals surface area contributed by atoms with Gasteiger partial charge in [0.2, 0.25) is 0 Å². The molecule has 1 aromatic carbocycles. The molecule has 0 bridgehead atoms. The van der Waals surface area contributed by atoms with E-state index >= 15 is 0 Å². The quantitative estimate of drug-likeness (QED) is 0.645. The summed E-state index contributed by atoms with van der Waals surface area (Å²) in [6, 6.07) is 7.89. The number of ether oxygens (including phenoxy) is 1. The Kier molecular flexibility index (Phi) is 4.38. The van der Waals surface area contributed by atoms with Gasteiger partial charge in [-0.2, -0.15) is 0 Å². The van der Waals surface area contributed by atoms with Crippen LogP contribution in [0.25, 0.3) is 11.0 Å². The lowest BCUT2D eigenvalue weighted by Gasteiger charge is -2.24. The van der Waals surface area contributed by atoms with Gasteiger partial charge >= 0.3 is 6.09 Å². The fourth-order valence-corrected chi connectivity index (χ4v) is 3.78. The van der Waals surface area contributed by atoms with Crippen LogP contribution in [0.4, 0.5) is 4.79 Å². The maximum Gasteiger partial charge on any atom is 0.410 e. The molecule has 146 valence electrons. The molecule has 0 fully saturated rings. The topological polar surface area (TPSA) is 83.1 Å². The van der Waals surface area contributed by atoms with Crippen LogP contribution in [0.15, 0.2) is 35.3 Å². The highest BCUT2D eigenvalue weighted by atomic mass is 32.1. The van der Waals surface area contributed by atoms with E-state index in [0.717, 1.165) is 22.2 Å². The number of H-pyrrole nitrogens is 2. The summed E-state index contributed by atoms with van der Waals surface area (Å²) in [6.45, 7) is 7.11. The van der Waals surface area contributed by atoms with E-state index in [1.807, 2.05) is 49.6 Å². The highest BCUT2D eigenvalue weighted by molar-refractivity contribution is 7.71. The maximum atomic E-state index is 12.5. The SMILES string of the molecule is CC(C)(C)OC(=O)N1Cc2cccc(Cn3c(=S)[nH]c(=O)c4[nH]ccc43)c2C1. The van der Waals surface area contributed by atoms with Crippen molar-refractivity contribution in [2.45, 2.75) is 46.0 Å². The molecule has 1 aliphatic rings. The molecule has 3 heterocycles. The Bertz CT molecular complexity index is 1180. The predicted octanol–water partition coefficient (Wildman–Crippen LogP) is 3.69. The van der Waals surface area contributed by atoms with Gasteiger partial charge in [0.1, 0.15) is 11.1 Å². The van der Waals surface area contributed by atoms with E-state index < -0.39 is 5.60 Å². The molecule has 1 amide bonds. The number of carbonyl (C=O) groups excluding carboxylic acids is 1. The van der Waals surface area contributed by atoms with Crippen LogP contribution in [0.2, 0.25) is 0 Å². The summed E-state index contributed by atoms with van der Waals surface area (Å²) in [7, 11) is 0. The van der Waals surface area contributed by atoms with Gasteiger partial charge < -0.3 is 14.3 Å². The van der Waals surface area contributed by atoms with Gasteiger partial charge in [0, 0.05) is 12.7 Å². The number of hydrogen-bond acceptors (Lipinski definition) is 4. The number of nitrogens with zero attached hydrogens (tertiary/aromatic N) is 2. The normalized spacial score (nSPS) is 13.8. The van der Waals surface area contributed by atoms with Crippen molar-refractivity contribution in [2.24, 2.45) is 0 Å². The lowest BCUT2D eigenvalue weighted by Crippen LogP contribution is -2.33. The molecule has 0 unspecified atom stereocenters. The van der Waals surface area contributed by atoms with Crippen LogP contribution in [0.1, 0.15) is 37.5 Å². The number of aromatic amines is 2. The molecule has 0 saturated heterocycles. The fourth-order valence-electron chi connectivity index (χ4n) is 3.53. The summed E-state index contributed by atoms with van der Waals surface area (Å²) in [5, 5.41) is 0. The third kappa shape index (κ3) is 3.35.